The van der Waals surface area contributed by atoms with Gasteiger partial charge in [0.15, 0.2) is 11.8 Å². The highest BCUT2D eigenvalue weighted by atomic mass is 35.5. The molecule has 27 heavy (non-hydrogen) atoms. The number of Topliss-reactive ketones (excluding diaryl/α,β-unsaturated/α-hetero) is 1. The van der Waals surface area contributed by atoms with Gasteiger partial charge < -0.3 is 26.8 Å². The lowest BCUT2D eigenvalue weighted by Crippen LogP contribution is -3.20. The number of nitrogens with one attached hydrogen (secondary N) is 1. The van der Waals surface area contributed by atoms with Crippen LogP contribution >= 0.6 is 0 Å². The number of benzene rings is 2. The zero-order valence-electron chi connectivity index (χ0n) is 15.4. The van der Waals surface area contributed by atoms with E-state index < -0.39 is 0 Å². The van der Waals surface area contributed by atoms with Crippen LogP contribution in [0.2, 0.25) is 0 Å². The monoisotopic (exact) mass is 387 g/mol. The number of carbonyl (C=O) groups excluding carboxylic acids is 1. The summed E-state index contributed by atoms with van der Waals surface area (Å²) in [5, 5.41) is 0. The summed E-state index contributed by atoms with van der Waals surface area (Å²) in [6, 6.07) is 18.1. The quantitative estimate of drug-likeness (QED) is 0.615. The van der Waals surface area contributed by atoms with Gasteiger partial charge in [0.2, 0.25) is 0 Å². The lowest BCUT2D eigenvalue weighted by molar-refractivity contribution is -0.927. The maximum atomic E-state index is 12.5. The Morgan fingerprint density at radius 2 is 1.44 bits per heavy atom. The van der Waals surface area contributed by atoms with E-state index in [1.54, 1.807) is 0 Å². The Morgan fingerprint density at radius 3 is 2.04 bits per heavy atom. The molecule has 3 aliphatic rings. The summed E-state index contributed by atoms with van der Waals surface area (Å²) >= 11 is 0. The molecule has 0 radical (unpaired) electrons. The van der Waals surface area contributed by atoms with Crippen LogP contribution in [0.5, 0.6) is 11.5 Å². The summed E-state index contributed by atoms with van der Waals surface area (Å²) in [5.41, 5.74) is 1.22. The third-order valence-electron chi connectivity index (χ3n) is 5.59. The van der Waals surface area contributed by atoms with Crippen LogP contribution in [0.15, 0.2) is 54.6 Å². The molecular weight excluding hydrogens is 362 g/mol. The summed E-state index contributed by atoms with van der Waals surface area (Å²) in [5.74, 6) is 2.51. The molecule has 3 fully saturated rings. The second-order valence-corrected chi connectivity index (χ2v) is 7.25. The van der Waals surface area contributed by atoms with Crippen molar-refractivity contribution in [1.29, 1.82) is 0 Å². The molecule has 2 bridgehead atoms. The topological polar surface area (TPSA) is 40.0 Å². The summed E-state index contributed by atoms with van der Waals surface area (Å²) in [4.78, 5) is 14.0. The van der Waals surface area contributed by atoms with Crippen LogP contribution in [0, 0.1) is 5.92 Å². The molecule has 4 nitrogen and oxygen atoms in total. The van der Waals surface area contributed by atoms with Gasteiger partial charge in [-0.2, -0.15) is 0 Å². The van der Waals surface area contributed by atoms with E-state index in [1.165, 1.54) is 10.5 Å². The molecule has 1 atom stereocenters. The SMILES string of the molecule is O=C1C2CC[NH+](CC2)C1Cc1ccc(OCCOc2ccccc2)cc1.[Cl-]. The summed E-state index contributed by atoms with van der Waals surface area (Å²) in [7, 11) is 0. The van der Waals surface area contributed by atoms with Crippen molar-refractivity contribution in [3.05, 3.63) is 60.2 Å². The number of para-hydroxylation sites is 1. The molecule has 2 aromatic rings. The number of hydrogen-bond donors (Lipinski definition) is 1. The van der Waals surface area contributed by atoms with Crippen molar-refractivity contribution in [2.24, 2.45) is 5.92 Å². The molecule has 1 unspecified atom stereocenters. The second-order valence-electron chi connectivity index (χ2n) is 7.25. The fraction of sp³-hybridized carbons (Fsp3) is 0.409. The van der Waals surface area contributed by atoms with Gasteiger partial charge in [-0.15, -0.1) is 0 Å². The van der Waals surface area contributed by atoms with E-state index >= 15 is 0 Å². The minimum atomic E-state index is 0. The number of rotatable bonds is 7. The Labute approximate surface area is 166 Å². The van der Waals surface area contributed by atoms with Crippen molar-refractivity contribution in [3.8, 4) is 11.5 Å². The van der Waals surface area contributed by atoms with Gasteiger partial charge >= 0.3 is 0 Å². The number of quaternary nitrogens is 1. The fourth-order valence-corrected chi connectivity index (χ4v) is 4.15. The van der Waals surface area contributed by atoms with Gasteiger partial charge in [-0.1, -0.05) is 30.3 Å². The zero-order valence-corrected chi connectivity index (χ0v) is 16.2. The Morgan fingerprint density at radius 1 is 0.852 bits per heavy atom. The maximum absolute atomic E-state index is 12.5. The first-order valence-corrected chi connectivity index (χ1v) is 9.57. The molecule has 0 saturated carbocycles. The van der Waals surface area contributed by atoms with E-state index in [-0.39, 0.29) is 18.4 Å². The van der Waals surface area contributed by atoms with E-state index in [4.69, 9.17) is 9.47 Å². The van der Waals surface area contributed by atoms with Gasteiger partial charge in [-0.3, -0.25) is 4.79 Å². The summed E-state index contributed by atoms with van der Waals surface area (Å²) in [6.07, 6.45) is 3.02. The molecule has 2 aromatic carbocycles. The van der Waals surface area contributed by atoms with Crippen LogP contribution in [0.4, 0.5) is 0 Å². The van der Waals surface area contributed by atoms with Crippen molar-refractivity contribution in [2.75, 3.05) is 26.3 Å². The third-order valence-corrected chi connectivity index (χ3v) is 5.59. The molecule has 1 N–H and O–H groups in total. The van der Waals surface area contributed by atoms with Crippen molar-refractivity contribution in [3.63, 3.8) is 0 Å². The number of carbonyl (C=O) groups is 1. The van der Waals surface area contributed by atoms with E-state index in [2.05, 4.69) is 12.1 Å². The van der Waals surface area contributed by atoms with Crippen molar-refractivity contribution < 1.29 is 31.6 Å². The highest BCUT2D eigenvalue weighted by Crippen LogP contribution is 2.21. The largest absolute Gasteiger partial charge is 1.00 e. The lowest BCUT2D eigenvalue weighted by atomic mass is 9.80. The maximum Gasteiger partial charge on any atom is 0.193 e. The molecule has 0 aliphatic carbocycles. The second kappa shape index (κ2) is 9.25. The van der Waals surface area contributed by atoms with Crippen LogP contribution in [0.3, 0.4) is 0 Å². The molecular formula is C22H26ClNO3. The number of fused-ring (bicyclic) bond motifs is 3. The van der Waals surface area contributed by atoms with Crippen LogP contribution < -0.4 is 26.8 Å². The minimum Gasteiger partial charge on any atom is -1.00 e. The predicted molar refractivity (Wildman–Crippen MR) is 99.8 cm³/mol. The molecule has 3 aliphatic heterocycles. The van der Waals surface area contributed by atoms with Gasteiger partial charge in [0.05, 0.1) is 13.1 Å². The van der Waals surface area contributed by atoms with Crippen molar-refractivity contribution >= 4 is 5.78 Å². The number of piperidine rings is 3. The lowest BCUT2D eigenvalue weighted by Gasteiger charge is -2.41. The first-order valence-electron chi connectivity index (χ1n) is 9.57. The molecule has 0 spiro atoms. The van der Waals surface area contributed by atoms with Crippen LogP contribution in [0.1, 0.15) is 18.4 Å². The molecule has 3 heterocycles. The number of halogens is 1. The highest BCUT2D eigenvalue weighted by molar-refractivity contribution is 5.86. The van der Waals surface area contributed by atoms with Gasteiger partial charge in [0.1, 0.15) is 24.7 Å². The van der Waals surface area contributed by atoms with Crippen LogP contribution in [0.25, 0.3) is 0 Å². The first kappa shape index (κ1) is 19.7. The van der Waals surface area contributed by atoms with Gasteiger partial charge in [0.25, 0.3) is 0 Å². The predicted octanol–water partition coefficient (Wildman–Crippen LogP) is -1.06. The van der Waals surface area contributed by atoms with Gasteiger partial charge in [0, 0.05) is 25.2 Å². The normalized spacial score (nSPS) is 23.6. The number of hydrogen-bond acceptors (Lipinski definition) is 3. The average Bonchev–Trinajstić information content (AvgIpc) is 2.70. The molecule has 5 heteroatoms. The Bertz CT molecular complexity index is 727. The highest BCUT2D eigenvalue weighted by Gasteiger charge is 2.44. The molecule has 5 rings (SSSR count). The average molecular weight is 388 g/mol. The molecule has 0 aromatic heterocycles. The minimum absolute atomic E-state index is 0. The van der Waals surface area contributed by atoms with Gasteiger partial charge in [-0.25, -0.2) is 0 Å². The van der Waals surface area contributed by atoms with Crippen LogP contribution in [-0.4, -0.2) is 38.1 Å². The van der Waals surface area contributed by atoms with E-state index in [0.717, 1.165) is 43.9 Å². The Hall–Kier alpha value is -2.04. The van der Waals surface area contributed by atoms with Crippen molar-refractivity contribution in [2.45, 2.75) is 25.3 Å². The fourth-order valence-electron chi connectivity index (χ4n) is 4.15. The Kier molecular flexibility index (Phi) is 6.75. The number of ether oxygens (including phenoxy) is 2. The van der Waals surface area contributed by atoms with Crippen LogP contribution in [-0.2, 0) is 11.2 Å². The summed E-state index contributed by atoms with van der Waals surface area (Å²) in [6.45, 7) is 3.34. The van der Waals surface area contributed by atoms with Gasteiger partial charge in [-0.05, 0) is 29.8 Å². The molecule has 144 valence electrons. The Balaban J connectivity index is 0.00000210. The smallest absolute Gasteiger partial charge is 0.193 e. The standard InChI is InChI=1S/C22H25NO3.ClH/c24-22-18-10-12-23(13-11-18)21(22)16-17-6-8-20(9-7-17)26-15-14-25-19-4-2-1-3-5-19;/h1-9,18,21H,10-16H2;1H. The zero-order chi connectivity index (χ0) is 17.8. The van der Waals surface area contributed by atoms with E-state index in [0.29, 0.717) is 24.9 Å². The molecule has 3 saturated heterocycles. The van der Waals surface area contributed by atoms with E-state index in [9.17, 15) is 4.79 Å². The van der Waals surface area contributed by atoms with Crippen molar-refractivity contribution in [1.82, 2.24) is 0 Å². The first-order chi connectivity index (χ1) is 12.8. The third kappa shape index (κ3) is 4.82. The summed E-state index contributed by atoms with van der Waals surface area (Å²) < 4.78 is 11.4. The molecule has 0 amide bonds. The number of ketones is 1. The van der Waals surface area contributed by atoms with E-state index in [1.807, 2.05) is 42.5 Å².